The predicted molar refractivity (Wildman–Crippen MR) is 165 cm³/mol. The number of carbonyl (C=O) groups excluding carboxylic acids is 2. The van der Waals surface area contributed by atoms with Crippen molar-refractivity contribution in [2.45, 2.75) is 75.4 Å². The van der Waals surface area contributed by atoms with Gasteiger partial charge in [0.05, 0.1) is 48.1 Å². The highest BCUT2D eigenvalue weighted by atomic mass is 19.4. The van der Waals surface area contributed by atoms with Gasteiger partial charge >= 0.3 is 18.2 Å². The Balaban J connectivity index is 1.28. The molecule has 1 aromatic carbocycles. The molecule has 5 aliphatic rings. The molecule has 7 rings (SSSR count). The predicted octanol–water partition coefficient (Wildman–Crippen LogP) is 4.05. The van der Waals surface area contributed by atoms with Crippen LogP contribution in [-0.4, -0.2) is 70.7 Å². The fraction of sp³-hybridized carbons (Fsp3) is 0.515. The molecular weight excluding hydrogens is 653 g/mol. The minimum absolute atomic E-state index is 0.0559. The van der Waals surface area contributed by atoms with E-state index >= 15 is 4.39 Å². The lowest BCUT2D eigenvalue weighted by Crippen LogP contribution is -2.59. The van der Waals surface area contributed by atoms with Crippen molar-refractivity contribution in [2.75, 3.05) is 43.4 Å². The lowest BCUT2D eigenvalue weighted by atomic mass is 9.88. The number of fused-ring (bicyclic) bond motifs is 2. The molecule has 3 amide bonds. The van der Waals surface area contributed by atoms with Crippen LogP contribution in [0.1, 0.15) is 73.1 Å². The van der Waals surface area contributed by atoms with Crippen LogP contribution < -0.4 is 26.0 Å². The largest absolute Gasteiger partial charge is 0.461 e. The van der Waals surface area contributed by atoms with E-state index in [1.54, 1.807) is 4.90 Å². The number of nitrogens with zero attached hydrogens (tertiary/aromatic N) is 4. The van der Waals surface area contributed by atoms with Gasteiger partial charge in [0, 0.05) is 36.2 Å². The van der Waals surface area contributed by atoms with Crippen molar-refractivity contribution in [1.29, 1.82) is 0 Å². The maximum absolute atomic E-state index is 15.6. The summed E-state index contributed by atoms with van der Waals surface area (Å²) in [5.74, 6) is 3.42. The Kier molecular flexibility index (Phi) is 8.18. The van der Waals surface area contributed by atoms with Gasteiger partial charge in [-0.25, -0.2) is 13.6 Å². The molecule has 6 heterocycles. The number of hydrogen-bond acceptors (Lipinski definition) is 9. The summed E-state index contributed by atoms with van der Waals surface area (Å²) < 4.78 is 84.8. The van der Waals surface area contributed by atoms with E-state index in [9.17, 15) is 27.2 Å². The molecule has 4 fully saturated rings. The number of anilines is 2. The van der Waals surface area contributed by atoms with E-state index in [0.29, 0.717) is 55.6 Å². The van der Waals surface area contributed by atoms with Crippen LogP contribution in [0.15, 0.2) is 18.0 Å². The monoisotopic (exact) mass is 687 g/mol. The molecule has 4 N–H and O–H groups in total. The molecule has 0 unspecified atom stereocenters. The highest BCUT2D eigenvalue weighted by Gasteiger charge is 2.50. The molecule has 49 heavy (non-hydrogen) atoms. The molecular formula is C33H34F5N7O4. The van der Waals surface area contributed by atoms with E-state index in [-0.39, 0.29) is 37.9 Å². The van der Waals surface area contributed by atoms with Gasteiger partial charge in [-0.1, -0.05) is 5.92 Å². The zero-order valence-electron chi connectivity index (χ0n) is 26.6. The Hall–Kier alpha value is -4.49. The standard InChI is InChI=1S/C33H34F5N7O4/c1-2-5-19-10-21(39)26(35)24(25(19)33(36,37)38)23-11-22-20(15-48-23)27(44-8-4-7-32(16-44)28(46)42-29(47)43-32)41-30(40-22)49-17-31-6-3-9-45(31)14-18(12-31)13-34/h10,13,23H,3-4,6-9,11-12,14-17,39H2,1H3,(H2,42,43,46,47)/b18-13+/t23-,31-,32+/m1/s1. The van der Waals surface area contributed by atoms with E-state index < -0.39 is 63.5 Å². The molecule has 1 aromatic heterocycles. The van der Waals surface area contributed by atoms with Crippen LogP contribution in [0.3, 0.4) is 0 Å². The number of benzene rings is 1. The summed E-state index contributed by atoms with van der Waals surface area (Å²) in [6.07, 6.45) is -3.05. The normalized spacial score (nSPS) is 27.5. The molecule has 3 atom stereocenters. The van der Waals surface area contributed by atoms with Crippen LogP contribution >= 0.6 is 0 Å². The van der Waals surface area contributed by atoms with Crippen molar-refractivity contribution in [3.8, 4) is 17.9 Å². The third-order valence-corrected chi connectivity index (χ3v) is 10.2. The van der Waals surface area contributed by atoms with E-state index in [4.69, 9.17) is 20.2 Å². The van der Waals surface area contributed by atoms with Gasteiger partial charge < -0.3 is 25.4 Å². The van der Waals surface area contributed by atoms with Crippen molar-refractivity contribution in [2.24, 2.45) is 0 Å². The van der Waals surface area contributed by atoms with Crippen LogP contribution in [0.5, 0.6) is 6.01 Å². The van der Waals surface area contributed by atoms with Crippen molar-refractivity contribution in [1.82, 2.24) is 25.5 Å². The van der Waals surface area contributed by atoms with Crippen LogP contribution in [0, 0.1) is 17.7 Å². The summed E-state index contributed by atoms with van der Waals surface area (Å²) in [5.41, 5.74) is 2.51. The number of imide groups is 1. The minimum atomic E-state index is -4.98. The summed E-state index contributed by atoms with van der Waals surface area (Å²) >= 11 is 0. The van der Waals surface area contributed by atoms with Crippen molar-refractivity contribution in [3.63, 3.8) is 0 Å². The number of nitrogens with one attached hydrogen (secondary N) is 2. The molecule has 1 spiro atoms. The Morgan fingerprint density at radius 2 is 2.02 bits per heavy atom. The smallest absolute Gasteiger partial charge is 0.418 e. The molecule has 4 saturated heterocycles. The van der Waals surface area contributed by atoms with E-state index in [2.05, 4.69) is 32.4 Å². The number of halogens is 5. The number of aromatic nitrogens is 2. The maximum Gasteiger partial charge on any atom is 0.418 e. The van der Waals surface area contributed by atoms with Crippen LogP contribution in [0.4, 0.5) is 38.3 Å². The Labute approximate surface area is 278 Å². The average molecular weight is 688 g/mol. The topological polar surface area (TPSA) is 135 Å². The summed E-state index contributed by atoms with van der Waals surface area (Å²) in [4.78, 5) is 38.2. The van der Waals surface area contributed by atoms with Gasteiger partial charge in [0.15, 0.2) is 5.82 Å². The summed E-state index contributed by atoms with van der Waals surface area (Å²) in [7, 11) is 0. The van der Waals surface area contributed by atoms with Crippen LogP contribution in [0.2, 0.25) is 0 Å². The fourth-order valence-corrected chi connectivity index (χ4v) is 7.99. The van der Waals surface area contributed by atoms with Gasteiger partial charge in [0.1, 0.15) is 18.0 Å². The first-order chi connectivity index (χ1) is 23.4. The van der Waals surface area contributed by atoms with Gasteiger partial charge in [-0.3, -0.25) is 15.0 Å². The highest BCUT2D eigenvalue weighted by molar-refractivity contribution is 6.07. The third-order valence-electron chi connectivity index (χ3n) is 10.2. The number of nitrogens with two attached hydrogens (primary N) is 1. The number of ether oxygens (including phenoxy) is 2. The molecule has 2 aromatic rings. The molecule has 0 saturated carbocycles. The lowest BCUT2D eigenvalue weighted by molar-refractivity contribution is -0.140. The molecule has 16 heteroatoms. The first kappa shape index (κ1) is 33.0. The molecule has 0 radical (unpaired) electrons. The summed E-state index contributed by atoms with van der Waals surface area (Å²) in [5, 5.41) is 5.01. The minimum Gasteiger partial charge on any atom is -0.461 e. The number of rotatable bonds is 5. The molecule has 260 valence electrons. The highest BCUT2D eigenvalue weighted by Crippen LogP contribution is 2.46. The Bertz CT molecular complexity index is 1820. The number of amides is 3. The zero-order valence-corrected chi connectivity index (χ0v) is 26.6. The molecule has 0 aliphatic carbocycles. The maximum atomic E-state index is 15.6. The van der Waals surface area contributed by atoms with Gasteiger partial charge in [-0.15, -0.1) is 5.92 Å². The van der Waals surface area contributed by atoms with Gasteiger partial charge in [-0.2, -0.15) is 23.1 Å². The molecule has 11 nitrogen and oxygen atoms in total. The number of carbonyl (C=O) groups is 2. The van der Waals surface area contributed by atoms with E-state index in [1.807, 2.05) is 0 Å². The molecule has 5 aliphatic heterocycles. The van der Waals surface area contributed by atoms with Crippen molar-refractivity contribution < 1.29 is 41.0 Å². The quantitative estimate of drug-likeness (QED) is 0.184. The molecule has 0 bridgehead atoms. The second kappa shape index (κ2) is 12.1. The fourth-order valence-electron chi connectivity index (χ4n) is 7.99. The zero-order chi connectivity index (χ0) is 34.7. The number of hydrogen-bond donors (Lipinski definition) is 3. The lowest BCUT2D eigenvalue weighted by Gasteiger charge is -2.40. The summed E-state index contributed by atoms with van der Waals surface area (Å²) in [6, 6.07) is 0.181. The van der Waals surface area contributed by atoms with Gasteiger partial charge in [0.25, 0.3) is 5.91 Å². The van der Waals surface area contributed by atoms with Gasteiger partial charge in [0.2, 0.25) is 0 Å². The second-order valence-corrected chi connectivity index (χ2v) is 13.2. The van der Waals surface area contributed by atoms with E-state index in [0.717, 1.165) is 25.5 Å². The van der Waals surface area contributed by atoms with Crippen molar-refractivity contribution in [3.05, 3.63) is 51.7 Å². The van der Waals surface area contributed by atoms with Crippen LogP contribution in [0.25, 0.3) is 0 Å². The Morgan fingerprint density at radius 1 is 1.22 bits per heavy atom. The SMILES string of the molecule is CC#Cc1cc(N)c(F)c([C@H]2Cc3nc(OC[C@]45CCCN4C/C(=C/F)C5)nc(N4CCC[C@@]5(C4)NC(=O)NC5=O)c3CO2)c1C(F)(F)F. The van der Waals surface area contributed by atoms with E-state index in [1.165, 1.54) is 6.92 Å². The number of urea groups is 1. The van der Waals surface area contributed by atoms with Gasteiger partial charge in [-0.05, 0) is 57.2 Å². The number of nitrogen functional groups attached to an aromatic ring is 1. The van der Waals surface area contributed by atoms with Crippen molar-refractivity contribution >= 4 is 23.4 Å². The second-order valence-electron chi connectivity index (χ2n) is 13.2. The third kappa shape index (κ3) is 5.72. The summed E-state index contributed by atoms with van der Waals surface area (Å²) in [6.45, 7) is 2.95. The average Bonchev–Trinajstić information content (AvgIpc) is 3.69. The van der Waals surface area contributed by atoms with Crippen LogP contribution in [-0.2, 0) is 28.7 Å². The first-order valence-corrected chi connectivity index (χ1v) is 16.0. The number of piperidine rings is 1. The first-order valence-electron chi connectivity index (χ1n) is 16.0. The number of alkyl halides is 3. The Morgan fingerprint density at radius 3 is 2.73 bits per heavy atom.